The molecule has 1 atom stereocenters. The Labute approximate surface area is 129 Å². The van der Waals surface area contributed by atoms with Gasteiger partial charge in [0.25, 0.3) is 0 Å². The number of benzene rings is 1. The summed E-state index contributed by atoms with van der Waals surface area (Å²) >= 11 is 0. The van der Waals surface area contributed by atoms with E-state index in [1.54, 1.807) is 0 Å². The van der Waals surface area contributed by atoms with Gasteiger partial charge in [-0.2, -0.15) is 0 Å². The zero-order valence-electron chi connectivity index (χ0n) is 13.8. The Morgan fingerprint density at radius 2 is 1.57 bits per heavy atom. The van der Waals surface area contributed by atoms with Crippen LogP contribution in [-0.4, -0.2) is 54.5 Å². The van der Waals surface area contributed by atoms with E-state index in [4.69, 9.17) is 0 Å². The molecule has 4 nitrogen and oxygen atoms in total. The van der Waals surface area contributed by atoms with Crippen molar-refractivity contribution in [2.24, 2.45) is 0 Å². The first-order valence-corrected chi connectivity index (χ1v) is 7.98. The summed E-state index contributed by atoms with van der Waals surface area (Å²) in [4.78, 5) is 17.2. The van der Waals surface area contributed by atoms with Crippen molar-refractivity contribution in [1.82, 2.24) is 9.80 Å². The minimum absolute atomic E-state index is 0.0804. The van der Waals surface area contributed by atoms with E-state index in [-0.39, 0.29) is 11.9 Å². The maximum absolute atomic E-state index is 12.7. The standard InChI is InChI=1S/C17H29N3O/c1-5-19(6-2)14-16(20(7-3)8-4)17(21)18-15-12-10-9-11-13-15/h9-13,16H,5-8,14H2,1-4H3,(H,18,21). The summed E-state index contributed by atoms with van der Waals surface area (Å²) in [5.41, 5.74) is 0.860. The third-order valence-corrected chi connectivity index (χ3v) is 3.92. The second kappa shape index (κ2) is 9.53. The fraction of sp³-hybridized carbons (Fsp3) is 0.588. The number of nitrogens with one attached hydrogen (secondary N) is 1. The molecule has 1 amide bonds. The zero-order chi connectivity index (χ0) is 15.7. The maximum atomic E-state index is 12.7. The summed E-state index contributed by atoms with van der Waals surface area (Å²) < 4.78 is 0. The predicted octanol–water partition coefficient (Wildman–Crippen LogP) is 2.68. The van der Waals surface area contributed by atoms with E-state index < -0.39 is 0 Å². The quantitative estimate of drug-likeness (QED) is 0.760. The van der Waals surface area contributed by atoms with Gasteiger partial charge < -0.3 is 10.2 Å². The molecule has 0 aliphatic heterocycles. The fourth-order valence-corrected chi connectivity index (χ4v) is 2.50. The fourth-order valence-electron chi connectivity index (χ4n) is 2.50. The van der Waals surface area contributed by atoms with Crippen molar-refractivity contribution in [3.63, 3.8) is 0 Å². The molecular weight excluding hydrogens is 262 g/mol. The molecule has 0 spiro atoms. The Morgan fingerprint density at radius 1 is 1.00 bits per heavy atom. The highest BCUT2D eigenvalue weighted by molar-refractivity contribution is 5.95. The van der Waals surface area contributed by atoms with Gasteiger partial charge in [0.1, 0.15) is 6.04 Å². The molecule has 0 bridgehead atoms. The van der Waals surface area contributed by atoms with Crippen molar-refractivity contribution in [2.75, 3.05) is 38.0 Å². The number of hydrogen-bond donors (Lipinski definition) is 1. The van der Waals surface area contributed by atoms with Crippen LogP contribution in [-0.2, 0) is 4.79 Å². The molecule has 0 fully saturated rings. The summed E-state index contributed by atoms with van der Waals surface area (Å²) in [6.45, 7) is 12.9. The van der Waals surface area contributed by atoms with Crippen LogP contribution < -0.4 is 5.32 Å². The van der Waals surface area contributed by atoms with Gasteiger partial charge in [-0.15, -0.1) is 0 Å². The number of anilines is 1. The molecule has 1 aromatic rings. The lowest BCUT2D eigenvalue weighted by Crippen LogP contribution is -2.50. The largest absolute Gasteiger partial charge is 0.325 e. The smallest absolute Gasteiger partial charge is 0.243 e. The molecule has 0 aliphatic rings. The maximum Gasteiger partial charge on any atom is 0.243 e. The van der Waals surface area contributed by atoms with Crippen LogP contribution >= 0.6 is 0 Å². The molecule has 21 heavy (non-hydrogen) atoms. The predicted molar refractivity (Wildman–Crippen MR) is 89.6 cm³/mol. The molecule has 4 heteroatoms. The summed E-state index contributed by atoms with van der Waals surface area (Å²) in [6, 6.07) is 9.57. The number of rotatable bonds is 9. The van der Waals surface area contributed by atoms with Gasteiger partial charge in [0.15, 0.2) is 0 Å². The van der Waals surface area contributed by atoms with Crippen LogP contribution in [0.4, 0.5) is 5.69 Å². The zero-order valence-corrected chi connectivity index (χ0v) is 13.8. The molecule has 1 rings (SSSR count). The Kier molecular flexibility index (Phi) is 8.01. The van der Waals surface area contributed by atoms with Crippen molar-refractivity contribution in [3.05, 3.63) is 30.3 Å². The summed E-state index contributed by atoms with van der Waals surface area (Å²) in [6.07, 6.45) is 0. The van der Waals surface area contributed by atoms with Crippen LogP contribution in [0.15, 0.2) is 30.3 Å². The molecule has 0 aliphatic carbocycles. The second-order valence-corrected chi connectivity index (χ2v) is 5.08. The van der Waals surface area contributed by atoms with Crippen LogP contribution in [0, 0.1) is 0 Å². The van der Waals surface area contributed by atoms with Gasteiger partial charge in [0.05, 0.1) is 0 Å². The van der Waals surface area contributed by atoms with Gasteiger partial charge in [0, 0.05) is 12.2 Å². The molecule has 0 heterocycles. The van der Waals surface area contributed by atoms with Gasteiger partial charge in [-0.25, -0.2) is 0 Å². The highest BCUT2D eigenvalue weighted by Crippen LogP contribution is 2.09. The van der Waals surface area contributed by atoms with Crippen molar-refractivity contribution in [1.29, 1.82) is 0 Å². The number of carbonyl (C=O) groups excluding carboxylic acids is 1. The molecule has 0 radical (unpaired) electrons. The van der Waals surface area contributed by atoms with Gasteiger partial charge in [-0.3, -0.25) is 9.69 Å². The van der Waals surface area contributed by atoms with Gasteiger partial charge >= 0.3 is 0 Å². The molecule has 1 aromatic carbocycles. The van der Waals surface area contributed by atoms with Crippen molar-refractivity contribution < 1.29 is 4.79 Å². The molecule has 0 aromatic heterocycles. The van der Waals surface area contributed by atoms with Crippen LogP contribution in [0.2, 0.25) is 0 Å². The normalized spacial score (nSPS) is 12.7. The second-order valence-electron chi connectivity index (χ2n) is 5.08. The lowest BCUT2D eigenvalue weighted by molar-refractivity contribution is -0.121. The van der Waals surface area contributed by atoms with Crippen LogP contribution in [0.1, 0.15) is 27.7 Å². The highest BCUT2D eigenvalue weighted by Gasteiger charge is 2.25. The first-order valence-electron chi connectivity index (χ1n) is 7.98. The molecule has 1 N–H and O–H groups in total. The van der Waals surface area contributed by atoms with Gasteiger partial charge in [0.2, 0.25) is 5.91 Å². The molecule has 0 saturated carbocycles. The number of amides is 1. The van der Waals surface area contributed by atoms with E-state index in [9.17, 15) is 4.79 Å². The SMILES string of the molecule is CCN(CC)CC(C(=O)Nc1ccccc1)N(CC)CC. The van der Waals surface area contributed by atoms with E-state index >= 15 is 0 Å². The number of para-hydroxylation sites is 1. The van der Waals surface area contributed by atoms with Gasteiger partial charge in [-0.05, 0) is 38.3 Å². The van der Waals surface area contributed by atoms with Crippen LogP contribution in [0.5, 0.6) is 0 Å². The van der Waals surface area contributed by atoms with E-state index in [1.165, 1.54) is 0 Å². The van der Waals surface area contributed by atoms with Crippen LogP contribution in [0.25, 0.3) is 0 Å². The number of nitrogens with zero attached hydrogens (tertiary/aromatic N) is 2. The molecule has 118 valence electrons. The Bertz CT molecular complexity index is 400. The van der Waals surface area contributed by atoms with Crippen LogP contribution in [0.3, 0.4) is 0 Å². The first kappa shape index (κ1) is 17.7. The number of hydrogen-bond acceptors (Lipinski definition) is 3. The number of likely N-dealkylation sites (N-methyl/N-ethyl adjacent to an activating group) is 2. The summed E-state index contributed by atoms with van der Waals surface area (Å²) in [5, 5.41) is 3.04. The average molecular weight is 291 g/mol. The lowest BCUT2D eigenvalue weighted by atomic mass is 10.2. The number of carbonyl (C=O) groups is 1. The molecular formula is C17H29N3O. The minimum Gasteiger partial charge on any atom is -0.325 e. The van der Waals surface area contributed by atoms with E-state index in [2.05, 4.69) is 42.8 Å². The Morgan fingerprint density at radius 3 is 2.05 bits per heavy atom. The molecule has 0 saturated heterocycles. The average Bonchev–Trinajstić information content (AvgIpc) is 2.52. The first-order chi connectivity index (χ1) is 10.2. The van der Waals surface area contributed by atoms with E-state index in [0.29, 0.717) is 0 Å². The van der Waals surface area contributed by atoms with Crippen molar-refractivity contribution in [2.45, 2.75) is 33.7 Å². The van der Waals surface area contributed by atoms with E-state index in [0.717, 1.165) is 38.4 Å². The summed E-state index contributed by atoms with van der Waals surface area (Å²) in [5.74, 6) is 0.0804. The minimum atomic E-state index is -0.111. The Balaban J connectivity index is 2.81. The monoisotopic (exact) mass is 291 g/mol. The van der Waals surface area contributed by atoms with Crippen molar-refractivity contribution in [3.8, 4) is 0 Å². The van der Waals surface area contributed by atoms with E-state index in [1.807, 2.05) is 30.3 Å². The topological polar surface area (TPSA) is 35.6 Å². The highest BCUT2D eigenvalue weighted by atomic mass is 16.2. The third kappa shape index (κ3) is 5.48. The van der Waals surface area contributed by atoms with Gasteiger partial charge in [-0.1, -0.05) is 45.9 Å². The third-order valence-electron chi connectivity index (χ3n) is 3.92. The lowest BCUT2D eigenvalue weighted by Gasteiger charge is -2.32. The van der Waals surface area contributed by atoms with Crippen molar-refractivity contribution >= 4 is 11.6 Å². The summed E-state index contributed by atoms with van der Waals surface area (Å²) in [7, 11) is 0. The molecule has 1 unspecified atom stereocenters. The Hall–Kier alpha value is -1.39.